The Bertz CT molecular complexity index is 1180. The average Bonchev–Trinajstić information content (AvgIpc) is 3.42. The van der Waals surface area contributed by atoms with Crippen LogP contribution in [0.3, 0.4) is 0 Å². The Morgan fingerprint density at radius 1 is 0.966 bits per heavy atom. The molecule has 0 spiro atoms. The van der Waals surface area contributed by atoms with E-state index in [0.717, 1.165) is 5.76 Å². The molecule has 2 amide bonds. The Labute approximate surface area is 175 Å². The van der Waals surface area contributed by atoms with Crippen LogP contribution in [0, 0.1) is 13.8 Å². The fourth-order valence-electron chi connectivity index (χ4n) is 2.72. The summed E-state index contributed by atoms with van der Waals surface area (Å²) in [6, 6.07) is 14.3. The van der Waals surface area contributed by atoms with E-state index < -0.39 is 0 Å². The second-order valence-corrected chi connectivity index (χ2v) is 8.26. The first kappa shape index (κ1) is 19.1. The Hall–Kier alpha value is -3.23. The van der Waals surface area contributed by atoms with E-state index in [1.54, 1.807) is 37.3 Å². The summed E-state index contributed by atoms with van der Waals surface area (Å²) in [4.78, 5) is 30.6. The smallest absolute Gasteiger partial charge is 0.267 e. The van der Waals surface area contributed by atoms with Gasteiger partial charge in [0.25, 0.3) is 11.8 Å². The molecule has 0 aliphatic rings. The molecule has 6 nitrogen and oxygen atoms in total. The predicted octanol–water partition coefficient (Wildman–Crippen LogP) is 5.59. The van der Waals surface area contributed by atoms with E-state index in [2.05, 4.69) is 15.6 Å². The van der Waals surface area contributed by atoms with Crippen LogP contribution in [0.4, 0.5) is 11.4 Å². The van der Waals surface area contributed by atoms with Gasteiger partial charge >= 0.3 is 0 Å². The maximum atomic E-state index is 12.7. The normalized spacial score (nSPS) is 10.7. The number of aromatic nitrogens is 1. The van der Waals surface area contributed by atoms with Crippen molar-refractivity contribution in [1.82, 2.24) is 4.98 Å². The summed E-state index contributed by atoms with van der Waals surface area (Å²) in [5.74, 6) is 1.00. The molecule has 3 heterocycles. The van der Waals surface area contributed by atoms with Crippen molar-refractivity contribution in [2.24, 2.45) is 0 Å². The number of carbonyl (C=O) groups excluding carboxylic acids is 2. The first-order chi connectivity index (χ1) is 14.0. The number of anilines is 2. The van der Waals surface area contributed by atoms with Crippen molar-refractivity contribution < 1.29 is 14.0 Å². The van der Waals surface area contributed by atoms with Gasteiger partial charge in [0, 0.05) is 11.4 Å². The summed E-state index contributed by atoms with van der Waals surface area (Å²) in [6.45, 7) is 3.66. The SMILES string of the molecule is Cc1ccc(-c2nc(C)c(C(=O)Nc3cccc(NC(=O)c4cccs4)c3)s2)o1. The van der Waals surface area contributed by atoms with Gasteiger partial charge in [-0.1, -0.05) is 12.1 Å². The molecule has 0 aliphatic heterocycles. The minimum absolute atomic E-state index is 0.180. The highest BCUT2D eigenvalue weighted by molar-refractivity contribution is 7.17. The number of hydrogen-bond acceptors (Lipinski definition) is 6. The maximum absolute atomic E-state index is 12.7. The van der Waals surface area contributed by atoms with Crippen molar-refractivity contribution in [1.29, 1.82) is 0 Å². The molecular formula is C21H17N3O3S2. The molecule has 3 aromatic heterocycles. The van der Waals surface area contributed by atoms with Crippen molar-refractivity contribution in [2.75, 3.05) is 10.6 Å². The summed E-state index contributed by atoms with van der Waals surface area (Å²) < 4.78 is 5.60. The molecule has 146 valence electrons. The van der Waals surface area contributed by atoms with Crippen molar-refractivity contribution in [2.45, 2.75) is 13.8 Å². The maximum Gasteiger partial charge on any atom is 0.267 e. The zero-order valence-electron chi connectivity index (χ0n) is 15.7. The number of rotatable bonds is 5. The number of hydrogen-bond donors (Lipinski definition) is 2. The van der Waals surface area contributed by atoms with Crippen LogP contribution >= 0.6 is 22.7 Å². The van der Waals surface area contributed by atoms with Gasteiger partial charge in [-0.3, -0.25) is 9.59 Å². The second-order valence-electron chi connectivity index (χ2n) is 6.31. The number of aryl methyl sites for hydroxylation is 2. The molecule has 8 heteroatoms. The number of thiophene rings is 1. The zero-order valence-corrected chi connectivity index (χ0v) is 17.3. The molecule has 0 saturated heterocycles. The topological polar surface area (TPSA) is 84.2 Å². The summed E-state index contributed by atoms with van der Waals surface area (Å²) in [7, 11) is 0. The number of thiazole rings is 1. The van der Waals surface area contributed by atoms with Crippen LogP contribution in [0.15, 0.2) is 58.3 Å². The lowest BCUT2D eigenvalue weighted by atomic mass is 10.2. The third kappa shape index (κ3) is 4.28. The fourth-order valence-corrected chi connectivity index (χ4v) is 4.27. The first-order valence-corrected chi connectivity index (χ1v) is 10.5. The molecule has 0 fully saturated rings. The number of nitrogens with zero attached hydrogens (tertiary/aromatic N) is 1. The molecule has 0 saturated carbocycles. The summed E-state index contributed by atoms with van der Waals surface area (Å²) in [6.07, 6.45) is 0. The average molecular weight is 424 g/mol. The van der Waals surface area contributed by atoms with E-state index in [1.807, 2.05) is 30.5 Å². The van der Waals surface area contributed by atoms with Crippen LogP contribution in [-0.4, -0.2) is 16.8 Å². The molecule has 2 N–H and O–H groups in total. The van der Waals surface area contributed by atoms with Crippen LogP contribution in [0.5, 0.6) is 0 Å². The molecule has 0 atom stereocenters. The minimum atomic E-state index is -0.253. The van der Waals surface area contributed by atoms with Crippen LogP contribution < -0.4 is 10.6 Å². The summed E-state index contributed by atoms with van der Waals surface area (Å²) in [5.41, 5.74) is 1.83. The Balaban J connectivity index is 1.49. The van der Waals surface area contributed by atoms with Crippen molar-refractivity contribution in [3.63, 3.8) is 0 Å². The largest absolute Gasteiger partial charge is 0.459 e. The summed E-state index contributed by atoms with van der Waals surface area (Å²) in [5, 5.41) is 8.22. The van der Waals surface area contributed by atoms with Crippen LogP contribution in [0.25, 0.3) is 10.8 Å². The molecule has 0 bridgehead atoms. The van der Waals surface area contributed by atoms with Gasteiger partial charge in [-0.25, -0.2) is 4.98 Å². The predicted molar refractivity (Wildman–Crippen MR) is 116 cm³/mol. The molecular weight excluding hydrogens is 406 g/mol. The highest BCUT2D eigenvalue weighted by atomic mass is 32.1. The van der Waals surface area contributed by atoms with Gasteiger partial charge in [-0.15, -0.1) is 22.7 Å². The number of nitrogens with one attached hydrogen (secondary N) is 2. The van der Waals surface area contributed by atoms with Gasteiger partial charge < -0.3 is 15.1 Å². The quantitative estimate of drug-likeness (QED) is 0.438. The molecule has 4 aromatic rings. The number of carbonyl (C=O) groups is 2. The summed E-state index contributed by atoms with van der Waals surface area (Å²) >= 11 is 2.65. The Morgan fingerprint density at radius 2 is 1.72 bits per heavy atom. The third-order valence-corrected chi connectivity index (χ3v) is 6.12. The molecule has 29 heavy (non-hydrogen) atoms. The lowest BCUT2D eigenvalue weighted by Crippen LogP contribution is -2.13. The van der Waals surface area contributed by atoms with Gasteiger partial charge in [0.2, 0.25) is 0 Å². The lowest BCUT2D eigenvalue weighted by molar-refractivity contribution is 0.102. The Kier molecular flexibility index (Phi) is 5.28. The molecule has 0 unspecified atom stereocenters. The van der Waals surface area contributed by atoms with Crippen molar-refractivity contribution in [3.8, 4) is 10.8 Å². The van der Waals surface area contributed by atoms with Gasteiger partial charge in [-0.2, -0.15) is 0 Å². The van der Waals surface area contributed by atoms with Gasteiger partial charge in [0.1, 0.15) is 10.6 Å². The first-order valence-electron chi connectivity index (χ1n) is 8.80. The fraction of sp³-hybridized carbons (Fsp3) is 0.0952. The van der Waals surface area contributed by atoms with Crippen LogP contribution in [0.2, 0.25) is 0 Å². The molecule has 0 radical (unpaired) electrons. The van der Waals surface area contributed by atoms with E-state index in [0.29, 0.717) is 37.6 Å². The zero-order chi connectivity index (χ0) is 20.4. The molecule has 0 aliphatic carbocycles. The Morgan fingerprint density at radius 3 is 2.38 bits per heavy atom. The number of furan rings is 1. The van der Waals surface area contributed by atoms with Crippen LogP contribution in [0.1, 0.15) is 30.8 Å². The van der Waals surface area contributed by atoms with E-state index in [9.17, 15) is 9.59 Å². The highest BCUT2D eigenvalue weighted by Crippen LogP contribution is 2.30. The van der Waals surface area contributed by atoms with Crippen LogP contribution in [-0.2, 0) is 0 Å². The monoisotopic (exact) mass is 423 g/mol. The van der Waals surface area contributed by atoms with Gasteiger partial charge in [0.15, 0.2) is 10.8 Å². The van der Waals surface area contributed by atoms with Crippen molar-refractivity contribution >= 4 is 45.9 Å². The number of benzene rings is 1. The van der Waals surface area contributed by atoms with Gasteiger partial charge in [-0.05, 0) is 55.6 Å². The van der Waals surface area contributed by atoms with E-state index in [1.165, 1.54) is 22.7 Å². The van der Waals surface area contributed by atoms with Gasteiger partial charge in [0.05, 0.1) is 10.6 Å². The number of amides is 2. The van der Waals surface area contributed by atoms with E-state index >= 15 is 0 Å². The minimum Gasteiger partial charge on any atom is -0.459 e. The van der Waals surface area contributed by atoms with E-state index in [-0.39, 0.29) is 11.8 Å². The van der Waals surface area contributed by atoms with E-state index in [4.69, 9.17) is 4.42 Å². The third-order valence-electron chi connectivity index (χ3n) is 4.08. The molecule has 1 aromatic carbocycles. The standard InChI is InChI=1S/C21H17N3O3S2/c1-12-8-9-16(27-12)21-22-13(2)18(29-21)20(26)24-15-6-3-5-14(11-15)23-19(25)17-7-4-10-28-17/h3-11H,1-2H3,(H,23,25)(H,24,26). The van der Waals surface area contributed by atoms with Crippen molar-refractivity contribution in [3.05, 3.63) is 75.1 Å². The lowest BCUT2D eigenvalue weighted by Gasteiger charge is -2.08. The second kappa shape index (κ2) is 8.02. The molecule has 4 rings (SSSR count). The highest BCUT2D eigenvalue weighted by Gasteiger charge is 2.18.